The van der Waals surface area contributed by atoms with Crippen molar-refractivity contribution < 1.29 is 13.7 Å². The van der Waals surface area contributed by atoms with Crippen molar-refractivity contribution in [2.24, 2.45) is 0 Å². The number of amides is 1. The van der Waals surface area contributed by atoms with Crippen molar-refractivity contribution in [2.75, 3.05) is 11.1 Å². The lowest BCUT2D eigenvalue weighted by molar-refractivity contribution is -0.115. The Bertz CT molecular complexity index is 633. The molecular weight excluding hydrogens is 359 g/mol. The second-order valence-corrected chi connectivity index (χ2v) is 6.43. The minimum Gasteiger partial charge on any atom is -0.360 e. The molecule has 0 aliphatic carbocycles. The quantitative estimate of drug-likeness (QED) is 0.773. The molecule has 1 amide bonds. The van der Waals surface area contributed by atoms with E-state index < -0.39 is 0 Å². The Labute approximate surface area is 134 Å². The predicted molar refractivity (Wildman–Crippen MR) is 84.7 cm³/mol. The third kappa shape index (κ3) is 5.17. The van der Waals surface area contributed by atoms with Crippen molar-refractivity contribution in [2.45, 2.75) is 19.1 Å². The van der Waals surface area contributed by atoms with Gasteiger partial charge in [-0.2, -0.15) is 11.8 Å². The molecule has 1 heterocycles. The van der Waals surface area contributed by atoms with E-state index in [1.807, 2.05) is 0 Å². The van der Waals surface area contributed by atoms with Crippen LogP contribution < -0.4 is 5.32 Å². The van der Waals surface area contributed by atoms with Crippen LogP contribution in [-0.2, 0) is 10.5 Å². The number of hydrogen-bond acceptors (Lipinski definition) is 4. The Kier molecular flexibility index (Phi) is 5.81. The third-order valence-corrected chi connectivity index (χ3v) is 4.14. The van der Waals surface area contributed by atoms with E-state index >= 15 is 0 Å². The molecule has 0 saturated carbocycles. The van der Waals surface area contributed by atoms with Crippen molar-refractivity contribution in [1.82, 2.24) is 5.16 Å². The van der Waals surface area contributed by atoms with Crippen molar-refractivity contribution in [3.05, 3.63) is 45.9 Å². The number of aryl methyl sites for hydroxylation is 1. The molecule has 1 aromatic carbocycles. The summed E-state index contributed by atoms with van der Waals surface area (Å²) in [7, 11) is 0. The first-order valence-corrected chi connectivity index (χ1v) is 8.24. The van der Waals surface area contributed by atoms with Crippen molar-refractivity contribution in [3.63, 3.8) is 0 Å². The molecule has 0 radical (unpaired) electrons. The van der Waals surface area contributed by atoms with Gasteiger partial charge in [0.25, 0.3) is 0 Å². The molecule has 0 unspecified atom stereocenters. The molecule has 112 valence electrons. The van der Waals surface area contributed by atoms with Crippen LogP contribution in [0.5, 0.6) is 0 Å². The molecule has 0 fully saturated rings. The third-order valence-electron chi connectivity index (χ3n) is 2.64. The molecule has 0 saturated heterocycles. The van der Waals surface area contributed by atoms with Gasteiger partial charge in [-0.3, -0.25) is 4.79 Å². The zero-order valence-corrected chi connectivity index (χ0v) is 13.8. The molecule has 0 aliphatic heterocycles. The molecule has 0 spiro atoms. The van der Waals surface area contributed by atoms with E-state index in [0.717, 1.165) is 4.47 Å². The number of hydrogen-bond donors (Lipinski definition) is 1. The van der Waals surface area contributed by atoms with Crippen LogP contribution in [0.2, 0.25) is 0 Å². The SMILES string of the molecule is Cc1cc(NC(=O)CCSCc2ccc(Br)cc2F)no1. The van der Waals surface area contributed by atoms with Crippen molar-refractivity contribution in [3.8, 4) is 0 Å². The average molecular weight is 373 g/mol. The average Bonchev–Trinajstić information content (AvgIpc) is 2.82. The maximum atomic E-state index is 13.6. The summed E-state index contributed by atoms with van der Waals surface area (Å²) >= 11 is 4.73. The van der Waals surface area contributed by atoms with Crippen LogP contribution in [0.4, 0.5) is 10.2 Å². The summed E-state index contributed by atoms with van der Waals surface area (Å²) in [6, 6.07) is 6.64. The smallest absolute Gasteiger partial charge is 0.226 e. The summed E-state index contributed by atoms with van der Waals surface area (Å²) in [6.45, 7) is 1.76. The maximum Gasteiger partial charge on any atom is 0.226 e. The second kappa shape index (κ2) is 7.61. The second-order valence-electron chi connectivity index (χ2n) is 4.41. The van der Waals surface area contributed by atoms with Crippen molar-refractivity contribution >= 4 is 39.4 Å². The molecule has 7 heteroatoms. The zero-order chi connectivity index (χ0) is 15.2. The number of carbonyl (C=O) groups is 1. The number of halogens is 2. The van der Waals surface area contributed by atoms with Gasteiger partial charge in [0, 0.05) is 28.5 Å². The van der Waals surface area contributed by atoms with Gasteiger partial charge >= 0.3 is 0 Å². The number of carbonyl (C=O) groups excluding carboxylic acids is 1. The van der Waals surface area contributed by atoms with Gasteiger partial charge in [0.2, 0.25) is 5.91 Å². The Morgan fingerprint density at radius 3 is 2.95 bits per heavy atom. The minimum absolute atomic E-state index is 0.132. The van der Waals surface area contributed by atoms with Gasteiger partial charge in [-0.15, -0.1) is 0 Å². The number of anilines is 1. The highest BCUT2D eigenvalue weighted by Crippen LogP contribution is 2.20. The fraction of sp³-hybridized carbons (Fsp3) is 0.286. The number of aromatic nitrogens is 1. The lowest BCUT2D eigenvalue weighted by Gasteiger charge is -2.04. The van der Waals surface area contributed by atoms with E-state index in [0.29, 0.717) is 35.1 Å². The number of nitrogens with zero attached hydrogens (tertiary/aromatic N) is 1. The molecule has 1 aromatic heterocycles. The van der Waals surface area contributed by atoms with E-state index in [9.17, 15) is 9.18 Å². The molecular formula is C14H14BrFN2O2S. The van der Waals surface area contributed by atoms with E-state index in [-0.39, 0.29) is 11.7 Å². The lowest BCUT2D eigenvalue weighted by atomic mass is 10.2. The summed E-state index contributed by atoms with van der Waals surface area (Å²) in [5, 5.41) is 6.33. The van der Waals surface area contributed by atoms with Crippen LogP contribution in [0.25, 0.3) is 0 Å². The van der Waals surface area contributed by atoms with Crippen LogP contribution in [0.1, 0.15) is 17.7 Å². The number of nitrogens with one attached hydrogen (secondary N) is 1. The topological polar surface area (TPSA) is 55.1 Å². The first-order chi connectivity index (χ1) is 10.0. The molecule has 2 rings (SSSR count). The Morgan fingerprint density at radius 2 is 2.29 bits per heavy atom. The molecule has 0 aliphatic rings. The maximum absolute atomic E-state index is 13.6. The van der Waals surface area contributed by atoms with Gasteiger partial charge in [-0.25, -0.2) is 4.39 Å². The summed E-state index contributed by atoms with van der Waals surface area (Å²) in [6.07, 6.45) is 0.342. The van der Waals surface area contributed by atoms with Crippen LogP contribution in [0.15, 0.2) is 33.3 Å². The number of benzene rings is 1. The molecule has 2 aromatic rings. The molecule has 21 heavy (non-hydrogen) atoms. The highest BCUT2D eigenvalue weighted by molar-refractivity contribution is 9.10. The van der Waals surface area contributed by atoms with Gasteiger partial charge in [0.1, 0.15) is 11.6 Å². The van der Waals surface area contributed by atoms with E-state index in [1.54, 1.807) is 25.1 Å². The van der Waals surface area contributed by atoms with Gasteiger partial charge in [-0.1, -0.05) is 27.2 Å². The van der Waals surface area contributed by atoms with Crippen LogP contribution in [-0.4, -0.2) is 16.8 Å². The summed E-state index contributed by atoms with van der Waals surface area (Å²) in [4.78, 5) is 11.7. The van der Waals surface area contributed by atoms with Gasteiger partial charge in [0.15, 0.2) is 5.82 Å². The Balaban J connectivity index is 1.70. The number of thioether (sulfide) groups is 1. The summed E-state index contributed by atoms with van der Waals surface area (Å²) < 4.78 is 19.2. The van der Waals surface area contributed by atoms with Crippen LogP contribution >= 0.6 is 27.7 Å². The van der Waals surface area contributed by atoms with Gasteiger partial charge in [-0.05, 0) is 24.6 Å². The minimum atomic E-state index is -0.237. The van der Waals surface area contributed by atoms with E-state index in [2.05, 4.69) is 26.4 Å². The fourth-order valence-electron chi connectivity index (χ4n) is 1.62. The Hall–Kier alpha value is -1.34. The fourth-order valence-corrected chi connectivity index (χ4v) is 2.88. The first kappa shape index (κ1) is 16.0. The Morgan fingerprint density at radius 1 is 1.48 bits per heavy atom. The predicted octanol–water partition coefficient (Wildman–Crippen LogP) is 4.15. The van der Waals surface area contributed by atoms with Gasteiger partial charge in [0.05, 0.1) is 0 Å². The van der Waals surface area contributed by atoms with Crippen molar-refractivity contribution in [1.29, 1.82) is 0 Å². The summed E-state index contributed by atoms with van der Waals surface area (Å²) in [5.41, 5.74) is 0.635. The molecule has 0 atom stereocenters. The molecule has 4 nitrogen and oxygen atoms in total. The normalized spacial score (nSPS) is 10.6. The van der Waals surface area contributed by atoms with E-state index in [1.165, 1.54) is 17.8 Å². The zero-order valence-electron chi connectivity index (χ0n) is 11.4. The highest BCUT2D eigenvalue weighted by Gasteiger charge is 2.07. The monoisotopic (exact) mass is 372 g/mol. The highest BCUT2D eigenvalue weighted by atomic mass is 79.9. The van der Waals surface area contributed by atoms with Crippen LogP contribution in [0.3, 0.4) is 0 Å². The molecule has 1 N–H and O–H groups in total. The van der Waals surface area contributed by atoms with E-state index in [4.69, 9.17) is 4.52 Å². The lowest BCUT2D eigenvalue weighted by Crippen LogP contribution is -2.12. The largest absolute Gasteiger partial charge is 0.360 e. The van der Waals surface area contributed by atoms with Crippen LogP contribution in [0, 0.1) is 12.7 Å². The molecule has 0 bridgehead atoms. The first-order valence-electron chi connectivity index (χ1n) is 6.29. The number of rotatable bonds is 6. The summed E-state index contributed by atoms with van der Waals surface area (Å²) in [5.74, 6) is 1.84. The van der Waals surface area contributed by atoms with Gasteiger partial charge < -0.3 is 9.84 Å². The standard InChI is InChI=1S/C14H14BrFN2O2S/c1-9-6-13(18-20-9)17-14(19)4-5-21-8-10-2-3-11(15)7-12(10)16/h2-3,6-7H,4-5,8H2,1H3,(H,17,18,19).